The number of pyridine rings is 1. The van der Waals surface area contributed by atoms with E-state index < -0.39 is 0 Å². The highest BCUT2D eigenvalue weighted by molar-refractivity contribution is 6.31. The van der Waals surface area contributed by atoms with Crippen LogP contribution < -0.4 is 5.32 Å². The topological polar surface area (TPSA) is 48.5 Å². The summed E-state index contributed by atoms with van der Waals surface area (Å²) in [5, 5.41) is 5.31. The molecule has 0 aliphatic carbocycles. The van der Waals surface area contributed by atoms with Crippen molar-refractivity contribution in [1.82, 2.24) is 14.8 Å². The minimum absolute atomic E-state index is 0.132. The lowest BCUT2D eigenvalue weighted by molar-refractivity contribution is 0.0773. The van der Waals surface area contributed by atoms with E-state index in [0.717, 1.165) is 84.1 Å². The van der Waals surface area contributed by atoms with Crippen LogP contribution in [0, 0.1) is 25.7 Å². The van der Waals surface area contributed by atoms with Crippen molar-refractivity contribution in [2.24, 2.45) is 11.8 Å². The van der Waals surface area contributed by atoms with Crippen molar-refractivity contribution in [3.05, 3.63) is 70.4 Å². The van der Waals surface area contributed by atoms with Gasteiger partial charge in [0.15, 0.2) is 0 Å². The van der Waals surface area contributed by atoms with Gasteiger partial charge in [-0.2, -0.15) is 0 Å². The molecule has 2 fully saturated rings. The highest BCUT2D eigenvalue weighted by Gasteiger charge is 2.41. The maximum absolute atomic E-state index is 13.3. The van der Waals surface area contributed by atoms with Crippen LogP contribution in [-0.2, 0) is 0 Å². The van der Waals surface area contributed by atoms with Crippen molar-refractivity contribution in [3.63, 3.8) is 0 Å². The third-order valence-corrected chi connectivity index (χ3v) is 7.55. The quantitative estimate of drug-likeness (QED) is 0.523. The number of amides is 1. The molecule has 3 aromatic rings. The van der Waals surface area contributed by atoms with Crippen LogP contribution >= 0.6 is 11.6 Å². The molecule has 3 heterocycles. The van der Waals surface area contributed by atoms with E-state index >= 15 is 0 Å². The number of para-hydroxylation sites is 1. The fourth-order valence-corrected chi connectivity index (χ4v) is 5.46. The highest BCUT2D eigenvalue weighted by atomic mass is 35.5. The summed E-state index contributed by atoms with van der Waals surface area (Å²) in [6.07, 6.45) is 1.09. The average molecular weight is 463 g/mol. The van der Waals surface area contributed by atoms with E-state index in [-0.39, 0.29) is 5.91 Å². The molecule has 2 saturated heterocycles. The molecular weight excluding hydrogens is 432 g/mol. The Kier molecular flexibility index (Phi) is 6.26. The van der Waals surface area contributed by atoms with Crippen LogP contribution in [0.25, 0.3) is 10.9 Å². The molecule has 2 aliphatic rings. The maximum atomic E-state index is 13.3. The number of carbonyl (C=O) groups excluding carboxylic acids is 1. The number of nitrogens with zero attached hydrogens (tertiary/aromatic N) is 3. The molecule has 2 unspecified atom stereocenters. The first kappa shape index (κ1) is 22.2. The number of rotatable bonds is 6. The Morgan fingerprint density at radius 1 is 1.06 bits per heavy atom. The molecule has 1 aromatic heterocycles. The summed E-state index contributed by atoms with van der Waals surface area (Å²) in [7, 11) is 0. The molecule has 0 bridgehead atoms. The SMILES string of the molecule is Cc1ccc(NCCCN2CC3CN(C(=O)c4cc5ccccc5nc4C)CC3C2)cc1Cl. The van der Waals surface area contributed by atoms with Crippen LogP contribution in [-0.4, -0.2) is 60.0 Å². The van der Waals surface area contributed by atoms with Gasteiger partial charge in [0.25, 0.3) is 5.91 Å². The first-order chi connectivity index (χ1) is 16.0. The predicted molar refractivity (Wildman–Crippen MR) is 135 cm³/mol. The molecule has 2 aromatic carbocycles. The third-order valence-electron chi connectivity index (χ3n) is 7.15. The zero-order valence-electron chi connectivity index (χ0n) is 19.4. The number of nitrogens with one attached hydrogen (secondary N) is 1. The maximum Gasteiger partial charge on any atom is 0.255 e. The summed E-state index contributed by atoms with van der Waals surface area (Å²) in [6.45, 7) is 9.85. The summed E-state index contributed by atoms with van der Waals surface area (Å²) in [4.78, 5) is 22.5. The Balaban J connectivity index is 1.11. The number of aromatic nitrogens is 1. The standard InChI is InChI=1S/C27H31ClN4O/c1-18-8-9-23(13-25(18)28)29-10-5-11-31-14-21-16-32(17-22(21)15-31)27(33)24-12-20-6-3-4-7-26(20)30-19(24)2/h3-4,6-9,12-13,21-22,29H,5,10-11,14-17H2,1-2H3. The second-order valence-corrected chi connectivity index (χ2v) is 9.96. The van der Waals surface area contributed by atoms with E-state index in [1.54, 1.807) is 0 Å². The molecule has 1 amide bonds. The van der Waals surface area contributed by atoms with E-state index in [2.05, 4.69) is 27.3 Å². The van der Waals surface area contributed by atoms with E-state index in [9.17, 15) is 4.79 Å². The molecule has 5 rings (SSSR count). The predicted octanol–water partition coefficient (Wildman–Crippen LogP) is 5.01. The number of anilines is 1. The van der Waals surface area contributed by atoms with Crippen molar-refractivity contribution in [1.29, 1.82) is 0 Å². The van der Waals surface area contributed by atoms with Crippen LogP contribution in [0.3, 0.4) is 0 Å². The normalized spacial score (nSPS) is 20.4. The van der Waals surface area contributed by atoms with Crippen molar-refractivity contribution in [2.45, 2.75) is 20.3 Å². The van der Waals surface area contributed by atoms with E-state index in [1.165, 1.54) is 0 Å². The van der Waals surface area contributed by atoms with Gasteiger partial charge >= 0.3 is 0 Å². The lowest BCUT2D eigenvalue weighted by atomic mass is 10.0. The van der Waals surface area contributed by atoms with Crippen molar-refractivity contribution >= 4 is 34.1 Å². The van der Waals surface area contributed by atoms with Crippen LogP contribution in [0.15, 0.2) is 48.5 Å². The fraction of sp³-hybridized carbons (Fsp3) is 0.407. The number of halogens is 1. The Morgan fingerprint density at radius 3 is 2.58 bits per heavy atom. The number of hydrogen-bond acceptors (Lipinski definition) is 4. The summed E-state index contributed by atoms with van der Waals surface area (Å²) in [5.41, 5.74) is 4.69. The summed E-state index contributed by atoms with van der Waals surface area (Å²) < 4.78 is 0. The van der Waals surface area contributed by atoms with Gasteiger partial charge < -0.3 is 15.1 Å². The van der Waals surface area contributed by atoms with Gasteiger partial charge in [-0.15, -0.1) is 0 Å². The number of carbonyl (C=O) groups is 1. The number of benzene rings is 2. The van der Waals surface area contributed by atoms with Crippen LogP contribution in [0.1, 0.15) is 28.0 Å². The third kappa shape index (κ3) is 4.71. The average Bonchev–Trinajstić information content (AvgIpc) is 3.37. The van der Waals surface area contributed by atoms with Crippen LogP contribution in [0.2, 0.25) is 5.02 Å². The van der Waals surface area contributed by atoms with E-state index in [0.29, 0.717) is 11.8 Å². The number of aryl methyl sites for hydroxylation is 2. The number of fused-ring (bicyclic) bond motifs is 2. The van der Waals surface area contributed by atoms with E-state index in [4.69, 9.17) is 11.6 Å². The molecule has 2 aliphatic heterocycles. The number of likely N-dealkylation sites (tertiary alicyclic amines) is 2. The molecular formula is C27H31ClN4O. The number of hydrogen-bond donors (Lipinski definition) is 1. The second-order valence-electron chi connectivity index (χ2n) is 9.55. The highest BCUT2D eigenvalue weighted by Crippen LogP contribution is 2.32. The molecule has 5 nitrogen and oxygen atoms in total. The van der Waals surface area contributed by atoms with Crippen molar-refractivity contribution in [2.75, 3.05) is 44.6 Å². The molecule has 2 atom stereocenters. The summed E-state index contributed by atoms with van der Waals surface area (Å²) in [5.74, 6) is 1.28. The minimum Gasteiger partial charge on any atom is -0.385 e. The minimum atomic E-state index is 0.132. The summed E-state index contributed by atoms with van der Waals surface area (Å²) in [6, 6.07) is 16.1. The van der Waals surface area contributed by atoms with Gasteiger partial charge in [0.05, 0.1) is 16.8 Å². The Hall–Kier alpha value is -2.63. The van der Waals surface area contributed by atoms with Gasteiger partial charge in [-0.3, -0.25) is 9.78 Å². The zero-order chi connectivity index (χ0) is 22.9. The lowest BCUT2D eigenvalue weighted by Crippen LogP contribution is -2.34. The van der Waals surface area contributed by atoms with E-state index in [1.807, 2.05) is 55.1 Å². The Bertz CT molecular complexity index is 1170. The molecule has 0 saturated carbocycles. The van der Waals surface area contributed by atoms with Crippen molar-refractivity contribution in [3.8, 4) is 0 Å². The van der Waals surface area contributed by atoms with Gasteiger partial charge in [0, 0.05) is 48.8 Å². The largest absolute Gasteiger partial charge is 0.385 e. The Labute approximate surface area is 200 Å². The Morgan fingerprint density at radius 2 is 1.82 bits per heavy atom. The smallest absolute Gasteiger partial charge is 0.255 e. The lowest BCUT2D eigenvalue weighted by Gasteiger charge is -2.22. The van der Waals surface area contributed by atoms with Crippen molar-refractivity contribution < 1.29 is 4.79 Å². The van der Waals surface area contributed by atoms with Gasteiger partial charge in [-0.1, -0.05) is 35.9 Å². The molecule has 172 valence electrons. The first-order valence-electron chi connectivity index (χ1n) is 11.9. The molecule has 0 spiro atoms. The van der Waals surface area contributed by atoms with Gasteiger partial charge in [-0.05, 0) is 68.5 Å². The molecule has 1 N–H and O–H groups in total. The molecule has 33 heavy (non-hydrogen) atoms. The van der Waals surface area contributed by atoms with Crippen LogP contribution in [0.5, 0.6) is 0 Å². The van der Waals surface area contributed by atoms with Gasteiger partial charge in [0.2, 0.25) is 0 Å². The van der Waals surface area contributed by atoms with Crippen LogP contribution in [0.4, 0.5) is 5.69 Å². The molecule has 6 heteroatoms. The van der Waals surface area contributed by atoms with Gasteiger partial charge in [0.1, 0.15) is 0 Å². The fourth-order valence-electron chi connectivity index (χ4n) is 5.28. The summed E-state index contributed by atoms with van der Waals surface area (Å²) >= 11 is 6.21. The molecule has 0 radical (unpaired) electrons. The second kappa shape index (κ2) is 9.32. The first-order valence-corrected chi connectivity index (χ1v) is 12.2. The van der Waals surface area contributed by atoms with Gasteiger partial charge in [-0.25, -0.2) is 0 Å². The monoisotopic (exact) mass is 462 g/mol. The zero-order valence-corrected chi connectivity index (χ0v) is 20.1.